The Morgan fingerprint density at radius 2 is 1.94 bits per heavy atom. The van der Waals surface area contributed by atoms with E-state index in [1.54, 1.807) is 0 Å². The zero-order valence-corrected chi connectivity index (χ0v) is 9.23. The topological polar surface area (TPSA) is 33.2 Å². The number of carbonyl (C=O) groups excluding carboxylic acids is 1. The Bertz CT molecular complexity index is 418. The van der Waals surface area contributed by atoms with Crippen LogP contribution in [-0.2, 0) is 6.18 Å². The van der Waals surface area contributed by atoms with Crippen LogP contribution in [0.1, 0.15) is 16.1 Å². The van der Waals surface area contributed by atoms with Crippen molar-refractivity contribution in [1.82, 2.24) is 9.88 Å². The van der Waals surface area contributed by atoms with E-state index in [4.69, 9.17) is 11.6 Å². The maximum Gasteiger partial charge on any atom is 0.433 e. The van der Waals surface area contributed by atoms with Gasteiger partial charge in [0.15, 0.2) is 0 Å². The van der Waals surface area contributed by atoms with Gasteiger partial charge in [-0.1, -0.05) is 11.6 Å². The zero-order valence-electron chi connectivity index (χ0n) is 8.47. The van der Waals surface area contributed by atoms with E-state index in [0.29, 0.717) is 0 Å². The number of nitrogens with zero attached hydrogens (tertiary/aromatic N) is 2. The van der Waals surface area contributed by atoms with Crippen molar-refractivity contribution in [2.45, 2.75) is 6.18 Å². The standard InChI is InChI=1S/C9H8ClF3N2O/c1-15(2)8(16)5-3-4-6(9(11,12)13)14-7(5)10/h3-4H,1-2H3. The van der Waals surface area contributed by atoms with E-state index in [-0.39, 0.29) is 5.56 Å². The van der Waals surface area contributed by atoms with Crippen LogP contribution in [-0.4, -0.2) is 29.9 Å². The van der Waals surface area contributed by atoms with Crippen molar-refractivity contribution in [3.05, 3.63) is 28.5 Å². The second kappa shape index (κ2) is 4.29. The predicted molar refractivity (Wildman–Crippen MR) is 52.3 cm³/mol. The molecule has 0 N–H and O–H groups in total. The molecule has 0 saturated carbocycles. The number of carbonyl (C=O) groups is 1. The maximum atomic E-state index is 12.2. The van der Waals surface area contributed by atoms with Crippen molar-refractivity contribution in [1.29, 1.82) is 0 Å². The van der Waals surface area contributed by atoms with Crippen LogP contribution in [0.15, 0.2) is 12.1 Å². The summed E-state index contributed by atoms with van der Waals surface area (Å²) in [5.74, 6) is -0.494. The Kier molecular flexibility index (Phi) is 3.42. The monoisotopic (exact) mass is 252 g/mol. The second-order valence-electron chi connectivity index (χ2n) is 3.23. The van der Waals surface area contributed by atoms with Gasteiger partial charge in [0.1, 0.15) is 10.8 Å². The van der Waals surface area contributed by atoms with Gasteiger partial charge in [0.05, 0.1) is 5.56 Å². The molecule has 0 aromatic carbocycles. The first-order chi connectivity index (χ1) is 7.23. The third kappa shape index (κ3) is 2.63. The van der Waals surface area contributed by atoms with E-state index in [1.165, 1.54) is 19.0 Å². The van der Waals surface area contributed by atoms with Crippen molar-refractivity contribution in [2.75, 3.05) is 14.1 Å². The van der Waals surface area contributed by atoms with Crippen LogP contribution in [0.25, 0.3) is 0 Å². The first kappa shape index (κ1) is 12.8. The molecule has 0 radical (unpaired) electrons. The average Bonchev–Trinajstić information content (AvgIpc) is 2.15. The van der Waals surface area contributed by atoms with Gasteiger partial charge in [0.2, 0.25) is 0 Å². The van der Waals surface area contributed by atoms with Gasteiger partial charge < -0.3 is 4.90 Å². The molecule has 88 valence electrons. The third-order valence-electron chi connectivity index (χ3n) is 1.78. The van der Waals surface area contributed by atoms with Gasteiger partial charge in [-0.25, -0.2) is 4.98 Å². The largest absolute Gasteiger partial charge is 0.433 e. The van der Waals surface area contributed by atoms with Gasteiger partial charge in [0.25, 0.3) is 5.91 Å². The van der Waals surface area contributed by atoms with Crippen molar-refractivity contribution < 1.29 is 18.0 Å². The average molecular weight is 253 g/mol. The first-order valence-electron chi connectivity index (χ1n) is 4.19. The number of amides is 1. The van der Waals surface area contributed by atoms with Gasteiger partial charge in [-0.15, -0.1) is 0 Å². The van der Waals surface area contributed by atoms with Crippen LogP contribution >= 0.6 is 11.6 Å². The lowest BCUT2D eigenvalue weighted by Crippen LogP contribution is -2.22. The molecule has 0 aliphatic heterocycles. The summed E-state index contributed by atoms with van der Waals surface area (Å²) in [6, 6.07) is 1.74. The summed E-state index contributed by atoms with van der Waals surface area (Å²) in [5, 5.41) is -0.450. The molecule has 0 spiro atoms. The number of aromatic nitrogens is 1. The number of halogens is 4. The summed E-state index contributed by atoms with van der Waals surface area (Å²) >= 11 is 5.52. The quantitative estimate of drug-likeness (QED) is 0.720. The minimum atomic E-state index is -4.57. The van der Waals surface area contributed by atoms with E-state index in [2.05, 4.69) is 4.98 Å². The molecule has 1 heterocycles. The highest BCUT2D eigenvalue weighted by Crippen LogP contribution is 2.29. The molecule has 0 bridgehead atoms. The highest BCUT2D eigenvalue weighted by molar-refractivity contribution is 6.32. The number of hydrogen-bond acceptors (Lipinski definition) is 2. The van der Waals surface area contributed by atoms with Crippen LogP contribution in [0.3, 0.4) is 0 Å². The fraction of sp³-hybridized carbons (Fsp3) is 0.333. The predicted octanol–water partition coefficient (Wildman–Crippen LogP) is 2.46. The Morgan fingerprint density at radius 1 is 1.38 bits per heavy atom. The smallest absolute Gasteiger partial charge is 0.345 e. The molecule has 0 atom stereocenters. The lowest BCUT2D eigenvalue weighted by molar-refractivity contribution is -0.141. The van der Waals surface area contributed by atoms with E-state index in [1.807, 2.05) is 0 Å². The number of hydrogen-bond donors (Lipinski definition) is 0. The molecule has 0 aliphatic rings. The van der Waals surface area contributed by atoms with Crippen molar-refractivity contribution in [2.24, 2.45) is 0 Å². The maximum absolute atomic E-state index is 12.2. The van der Waals surface area contributed by atoms with Gasteiger partial charge in [-0.3, -0.25) is 4.79 Å². The van der Waals surface area contributed by atoms with Crippen LogP contribution in [0.4, 0.5) is 13.2 Å². The van der Waals surface area contributed by atoms with Crippen LogP contribution < -0.4 is 0 Å². The summed E-state index contributed by atoms with van der Waals surface area (Å²) in [4.78, 5) is 15.8. The van der Waals surface area contributed by atoms with Gasteiger partial charge in [-0.05, 0) is 12.1 Å². The zero-order chi connectivity index (χ0) is 12.5. The number of alkyl halides is 3. The molecule has 3 nitrogen and oxygen atoms in total. The minimum absolute atomic E-state index is 0.0559. The second-order valence-corrected chi connectivity index (χ2v) is 3.59. The molecular weight excluding hydrogens is 245 g/mol. The minimum Gasteiger partial charge on any atom is -0.345 e. The molecule has 1 aromatic heterocycles. The first-order valence-corrected chi connectivity index (χ1v) is 4.56. The molecule has 1 amide bonds. The van der Waals surface area contributed by atoms with Crippen molar-refractivity contribution in [3.63, 3.8) is 0 Å². The summed E-state index contributed by atoms with van der Waals surface area (Å²) in [6.07, 6.45) is -4.57. The van der Waals surface area contributed by atoms with E-state index >= 15 is 0 Å². The molecule has 7 heteroatoms. The highest BCUT2D eigenvalue weighted by Gasteiger charge is 2.33. The van der Waals surface area contributed by atoms with Crippen LogP contribution in [0.2, 0.25) is 5.15 Å². The molecule has 0 saturated heterocycles. The van der Waals surface area contributed by atoms with Gasteiger partial charge in [-0.2, -0.15) is 13.2 Å². The van der Waals surface area contributed by atoms with Crippen LogP contribution in [0.5, 0.6) is 0 Å². The lowest BCUT2D eigenvalue weighted by atomic mass is 10.2. The molecule has 0 aliphatic carbocycles. The lowest BCUT2D eigenvalue weighted by Gasteiger charge is -2.12. The molecule has 0 unspecified atom stereocenters. The normalized spacial score (nSPS) is 11.4. The number of pyridine rings is 1. The fourth-order valence-corrected chi connectivity index (χ4v) is 1.23. The van der Waals surface area contributed by atoms with Crippen molar-refractivity contribution in [3.8, 4) is 0 Å². The Labute approximate surface area is 94.8 Å². The molecule has 0 fully saturated rings. The highest BCUT2D eigenvalue weighted by atomic mass is 35.5. The van der Waals surface area contributed by atoms with Gasteiger partial charge >= 0.3 is 6.18 Å². The summed E-state index contributed by atoms with van der Waals surface area (Å²) < 4.78 is 36.7. The number of rotatable bonds is 1. The van der Waals surface area contributed by atoms with Crippen molar-refractivity contribution >= 4 is 17.5 Å². The Balaban J connectivity index is 3.15. The fourth-order valence-electron chi connectivity index (χ4n) is 0.993. The van der Waals surface area contributed by atoms with Gasteiger partial charge in [0, 0.05) is 14.1 Å². The summed E-state index contributed by atoms with van der Waals surface area (Å²) in [7, 11) is 2.94. The third-order valence-corrected chi connectivity index (χ3v) is 2.06. The SMILES string of the molecule is CN(C)C(=O)c1ccc(C(F)(F)F)nc1Cl. The molecule has 1 rings (SSSR count). The molecular formula is C9H8ClF3N2O. The molecule has 16 heavy (non-hydrogen) atoms. The van der Waals surface area contributed by atoms with E-state index in [0.717, 1.165) is 12.1 Å². The Morgan fingerprint density at radius 3 is 2.31 bits per heavy atom. The van der Waals surface area contributed by atoms with Crippen LogP contribution in [0, 0.1) is 0 Å². The summed E-state index contributed by atoms with van der Waals surface area (Å²) in [6.45, 7) is 0. The summed E-state index contributed by atoms with van der Waals surface area (Å²) in [5.41, 5.74) is -1.17. The Hall–Kier alpha value is -1.30. The van der Waals surface area contributed by atoms with E-state index in [9.17, 15) is 18.0 Å². The molecule has 1 aromatic rings. The van der Waals surface area contributed by atoms with E-state index < -0.39 is 22.9 Å².